The van der Waals surface area contributed by atoms with E-state index >= 15 is 0 Å². The zero-order valence-corrected chi connectivity index (χ0v) is 25.5. The maximum atomic E-state index is 4.99. The molecule has 0 aliphatic rings. The SMILES string of the molecule is CC(/C=C(\C)c1ccccc1)=Nc1ccc2sc3ccc(-n4c5ccccc5c5ccc(-c6ccccc6)cc54)cc3c2c1. The fourth-order valence-electron chi connectivity index (χ4n) is 6.35. The van der Waals surface area contributed by atoms with Gasteiger partial charge in [0.15, 0.2) is 0 Å². The molecule has 0 fully saturated rings. The minimum atomic E-state index is 0.974. The first kappa shape index (κ1) is 26.4. The number of benzene rings is 6. The highest BCUT2D eigenvalue weighted by Crippen LogP contribution is 2.40. The Labute approximate surface area is 260 Å². The minimum absolute atomic E-state index is 0.974. The summed E-state index contributed by atoms with van der Waals surface area (Å²) in [5.41, 5.74) is 10.4. The number of hydrogen-bond acceptors (Lipinski definition) is 2. The fourth-order valence-corrected chi connectivity index (χ4v) is 7.42. The highest BCUT2D eigenvalue weighted by Gasteiger charge is 2.15. The van der Waals surface area contributed by atoms with E-state index in [9.17, 15) is 0 Å². The summed E-state index contributed by atoms with van der Waals surface area (Å²) in [6.45, 7) is 4.22. The molecule has 0 radical (unpaired) electrons. The number of rotatable bonds is 5. The summed E-state index contributed by atoms with van der Waals surface area (Å²) in [6.07, 6.45) is 2.16. The lowest BCUT2D eigenvalue weighted by Gasteiger charge is -2.10. The Balaban J connectivity index is 1.27. The second-order valence-corrected chi connectivity index (χ2v) is 12.4. The summed E-state index contributed by atoms with van der Waals surface area (Å²) < 4.78 is 4.98. The van der Waals surface area contributed by atoms with Crippen LogP contribution in [0.4, 0.5) is 5.69 Å². The number of allylic oxidation sites excluding steroid dienone is 2. The zero-order valence-electron chi connectivity index (χ0n) is 24.7. The van der Waals surface area contributed by atoms with Gasteiger partial charge in [-0.1, -0.05) is 91.0 Å². The summed E-state index contributed by atoms with van der Waals surface area (Å²) in [4.78, 5) is 4.99. The van der Waals surface area contributed by atoms with Crippen LogP contribution in [0, 0.1) is 0 Å². The summed E-state index contributed by atoms with van der Waals surface area (Å²) in [7, 11) is 0. The van der Waals surface area contributed by atoms with Gasteiger partial charge in [-0.05, 0) is 90.7 Å². The van der Waals surface area contributed by atoms with Gasteiger partial charge in [-0.25, -0.2) is 0 Å². The molecule has 8 rings (SSSR count). The van der Waals surface area contributed by atoms with Crippen LogP contribution in [-0.2, 0) is 0 Å². The predicted octanol–water partition coefficient (Wildman–Crippen LogP) is 12.0. The van der Waals surface area contributed by atoms with Crippen molar-refractivity contribution in [1.82, 2.24) is 4.57 Å². The lowest BCUT2D eigenvalue weighted by molar-refractivity contribution is 1.19. The van der Waals surface area contributed by atoms with E-state index < -0.39 is 0 Å². The van der Waals surface area contributed by atoms with E-state index in [0.717, 1.165) is 11.4 Å². The Morgan fingerprint density at radius 3 is 2.07 bits per heavy atom. The van der Waals surface area contributed by atoms with E-state index in [4.69, 9.17) is 4.99 Å². The number of fused-ring (bicyclic) bond motifs is 6. The van der Waals surface area contributed by atoms with E-state index in [2.05, 4.69) is 158 Å². The molecule has 0 aliphatic carbocycles. The molecule has 0 aliphatic heterocycles. The molecule has 210 valence electrons. The number of hydrogen-bond donors (Lipinski definition) is 0. The Hall–Kier alpha value is -5.25. The van der Waals surface area contributed by atoms with Crippen molar-refractivity contribution in [3.8, 4) is 16.8 Å². The van der Waals surface area contributed by atoms with Crippen molar-refractivity contribution in [1.29, 1.82) is 0 Å². The molecule has 0 spiro atoms. The number of nitrogens with zero attached hydrogens (tertiary/aromatic N) is 2. The molecule has 2 heterocycles. The largest absolute Gasteiger partial charge is 0.309 e. The Bertz CT molecular complexity index is 2390. The van der Waals surface area contributed by atoms with Crippen LogP contribution in [0.5, 0.6) is 0 Å². The van der Waals surface area contributed by atoms with Gasteiger partial charge < -0.3 is 4.57 Å². The standard InChI is InChI=1S/C41H30N2S/c1-27(29-11-5-3-6-12-29)23-28(2)42-32-18-21-40-36(25-32)37-26-33(19-22-41(37)44-40)43-38-16-10-9-15-34(38)35-20-17-31(24-39(35)43)30-13-7-4-8-14-30/h3-26H,1-2H3/b27-23+,42-28?. The van der Waals surface area contributed by atoms with Crippen LogP contribution in [-0.4, -0.2) is 10.3 Å². The maximum absolute atomic E-state index is 4.99. The average Bonchev–Trinajstić information content (AvgIpc) is 3.60. The highest BCUT2D eigenvalue weighted by molar-refractivity contribution is 7.25. The molecular weight excluding hydrogens is 553 g/mol. The molecule has 0 saturated carbocycles. The van der Waals surface area contributed by atoms with E-state index in [0.29, 0.717) is 0 Å². The third kappa shape index (κ3) is 4.63. The molecule has 0 saturated heterocycles. The van der Waals surface area contributed by atoms with Crippen molar-refractivity contribution >= 4 is 70.3 Å². The fraction of sp³-hybridized carbons (Fsp3) is 0.0488. The van der Waals surface area contributed by atoms with Gasteiger partial charge in [0.25, 0.3) is 0 Å². The Kier molecular flexibility index (Phi) is 6.47. The van der Waals surface area contributed by atoms with Crippen molar-refractivity contribution in [2.45, 2.75) is 13.8 Å². The Morgan fingerprint density at radius 2 is 1.25 bits per heavy atom. The number of aliphatic imine (C=N–C) groups is 1. The van der Waals surface area contributed by atoms with Gasteiger partial charge in [0.2, 0.25) is 0 Å². The molecule has 0 unspecified atom stereocenters. The predicted molar refractivity (Wildman–Crippen MR) is 192 cm³/mol. The first-order valence-corrected chi connectivity index (χ1v) is 15.8. The van der Waals surface area contributed by atoms with E-state index in [-0.39, 0.29) is 0 Å². The van der Waals surface area contributed by atoms with E-state index in [1.807, 2.05) is 17.4 Å². The molecule has 3 heteroatoms. The van der Waals surface area contributed by atoms with Crippen LogP contribution in [0.25, 0.3) is 64.4 Å². The van der Waals surface area contributed by atoms with Gasteiger partial charge in [0.1, 0.15) is 0 Å². The number of thiophene rings is 1. The quantitative estimate of drug-likeness (QED) is 0.180. The minimum Gasteiger partial charge on any atom is -0.309 e. The molecule has 0 amide bonds. The maximum Gasteiger partial charge on any atom is 0.0640 e. The molecule has 0 N–H and O–H groups in total. The van der Waals surface area contributed by atoms with Crippen LogP contribution in [0.2, 0.25) is 0 Å². The van der Waals surface area contributed by atoms with Crippen molar-refractivity contribution in [3.63, 3.8) is 0 Å². The van der Waals surface area contributed by atoms with Crippen molar-refractivity contribution < 1.29 is 0 Å². The van der Waals surface area contributed by atoms with Gasteiger partial charge in [-0.15, -0.1) is 11.3 Å². The topological polar surface area (TPSA) is 17.3 Å². The van der Waals surface area contributed by atoms with Gasteiger partial charge in [-0.2, -0.15) is 0 Å². The number of para-hydroxylation sites is 1. The normalized spacial score (nSPS) is 12.6. The third-order valence-corrected chi connectivity index (χ3v) is 9.59. The molecule has 6 aromatic carbocycles. The lowest BCUT2D eigenvalue weighted by Crippen LogP contribution is -1.93. The van der Waals surface area contributed by atoms with Crippen molar-refractivity contribution in [2.24, 2.45) is 4.99 Å². The summed E-state index contributed by atoms with van der Waals surface area (Å²) in [5, 5.41) is 5.04. The van der Waals surface area contributed by atoms with Crippen molar-refractivity contribution in [2.75, 3.05) is 0 Å². The van der Waals surface area contributed by atoms with Gasteiger partial charge in [0, 0.05) is 42.3 Å². The van der Waals surface area contributed by atoms with Gasteiger partial charge in [-0.3, -0.25) is 4.99 Å². The van der Waals surface area contributed by atoms with E-state index in [1.165, 1.54) is 69.9 Å². The summed E-state index contributed by atoms with van der Waals surface area (Å²) >= 11 is 1.84. The smallest absolute Gasteiger partial charge is 0.0640 e. The second kappa shape index (κ2) is 10.8. The zero-order chi connectivity index (χ0) is 29.6. The first-order chi connectivity index (χ1) is 21.6. The number of aromatic nitrogens is 1. The lowest BCUT2D eigenvalue weighted by atomic mass is 10.0. The second-order valence-electron chi connectivity index (χ2n) is 11.4. The summed E-state index contributed by atoms with van der Waals surface area (Å²) in [5.74, 6) is 0. The Morgan fingerprint density at radius 1 is 0.568 bits per heavy atom. The molecule has 0 bridgehead atoms. The van der Waals surface area contributed by atoms with Crippen LogP contribution in [0.15, 0.2) is 151 Å². The molecule has 0 atom stereocenters. The van der Waals surface area contributed by atoms with Crippen LogP contribution < -0.4 is 0 Å². The molecule has 2 aromatic heterocycles. The van der Waals surface area contributed by atoms with Crippen molar-refractivity contribution in [3.05, 3.63) is 151 Å². The van der Waals surface area contributed by atoms with Gasteiger partial charge >= 0.3 is 0 Å². The molecule has 2 nitrogen and oxygen atoms in total. The summed E-state index contributed by atoms with van der Waals surface area (Å²) in [6, 6.07) is 50.2. The monoisotopic (exact) mass is 582 g/mol. The first-order valence-electron chi connectivity index (χ1n) is 15.0. The van der Waals surface area contributed by atoms with Crippen LogP contribution >= 0.6 is 11.3 Å². The highest BCUT2D eigenvalue weighted by atomic mass is 32.1. The van der Waals surface area contributed by atoms with E-state index in [1.54, 1.807) is 0 Å². The average molecular weight is 583 g/mol. The molecular formula is C41H30N2S. The molecule has 8 aromatic rings. The van der Waals surface area contributed by atoms with Crippen LogP contribution in [0.1, 0.15) is 19.4 Å². The third-order valence-electron chi connectivity index (χ3n) is 8.44. The van der Waals surface area contributed by atoms with Crippen LogP contribution in [0.3, 0.4) is 0 Å². The molecule has 44 heavy (non-hydrogen) atoms. The van der Waals surface area contributed by atoms with Gasteiger partial charge in [0.05, 0.1) is 16.7 Å².